The van der Waals surface area contributed by atoms with E-state index >= 15 is 4.39 Å². The third kappa shape index (κ3) is 4.42. The molecule has 0 bridgehead atoms. The molecule has 7 nitrogen and oxygen atoms in total. The maximum atomic E-state index is 16.8. The Labute approximate surface area is 234 Å². The molecule has 2 aliphatic heterocycles. The molecule has 0 aliphatic carbocycles. The van der Waals surface area contributed by atoms with Gasteiger partial charge in [0.25, 0.3) is 0 Å². The lowest BCUT2D eigenvalue weighted by Crippen LogP contribution is -2.60. The molecule has 4 aromatic rings. The smallest absolute Gasteiger partial charge is 0.228 e. The van der Waals surface area contributed by atoms with E-state index in [4.69, 9.17) is 21.6 Å². The van der Waals surface area contributed by atoms with Crippen LogP contribution in [0, 0.1) is 18.7 Å². The van der Waals surface area contributed by atoms with Crippen molar-refractivity contribution in [2.45, 2.75) is 59.5 Å². The van der Waals surface area contributed by atoms with Gasteiger partial charge in [-0.3, -0.25) is 10.00 Å². The number of halogens is 2. The normalized spacial score (nSPS) is 20.4. The van der Waals surface area contributed by atoms with Crippen LogP contribution < -0.4 is 9.80 Å². The summed E-state index contributed by atoms with van der Waals surface area (Å²) in [4.78, 5) is 17.0. The van der Waals surface area contributed by atoms with Crippen molar-refractivity contribution in [3.8, 4) is 11.1 Å². The van der Waals surface area contributed by atoms with Crippen LogP contribution >= 0.6 is 11.6 Å². The highest BCUT2D eigenvalue weighted by Crippen LogP contribution is 2.43. The number of aromatic nitrogens is 4. The molecule has 2 aromatic carbocycles. The number of hydrogen-bond donors (Lipinski definition) is 1. The number of piperidine rings is 1. The highest BCUT2D eigenvalue weighted by Gasteiger charge is 2.35. The Morgan fingerprint density at radius 1 is 1.05 bits per heavy atom. The molecular weight excluding hydrogens is 513 g/mol. The summed E-state index contributed by atoms with van der Waals surface area (Å²) in [7, 11) is 0. The van der Waals surface area contributed by atoms with Crippen molar-refractivity contribution in [3.63, 3.8) is 0 Å². The lowest BCUT2D eigenvalue weighted by Gasteiger charge is -2.45. The van der Waals surface area contributed by atoms with E-state index in [-0.39, 0.29) is 0 Å². The number of likely N-dealkylation sites (N-methyl/N-ethyl adjacent to an activating group) is 1. The topological polar surface area (TPSA) is 64.2 Å². The first-order chi connectivity index (χ1) is 18.8. The summed E-state index contributed by atoms with van der Waals surface area (Å²) in [5.74, 6) is 1.51. The molecule has 0 amide bonds. The van der Waals surface area contributed by atoms with Crippen LogP contribution in [0.25, 0.3) is 32.9 Å². The summed E-state index contributed by atoms with van der Waals surface area (Å²) in [6.07, 6.45) is 3.99. The van der Waals surface area contributed by atoms with Crippen LogP contribution in [0.15, 0.2) is 24.4 Å². The van der Waals surface area contributed by atoms with Crippen LogP contribution in [0.1, 0.15) is 46.1 Å². The van der Waals surface area contributed by atoms with Crippen molar-refractivity contribution >= 4 is 45.2 Å². The molecule has 6 rings (SSSR count). The Morgan fingerprint density at radius 2 is 1.82 bits per heavy atom. The van der Waals surface area contributed by atoms with Crippen LogP contribution in [0.4, 0.5) is 16.2 Å². The number of H-pyrrole nitrogens is 1. The van der Waals surface area contributed by atoms with Gasteiger partial charge in [0.05, 0.1) is 16.7 Å². The van der Waals surface area contributed by atoms with Gasteiger partial charge in [-0.1, -0.05) is 38.4 Å². The minimum Gasteiger partial charge on any atom is -0.353 e. The summed E-state index contributed by atoms with van der Waals surface area (Å²) in [6.45, 7) is 15.4. The first-order valence-corrected chi connectivity index (χ1v) is 14.6. The van der Waals surface area contributed by atoms with E-state index in [9.17, 15) is 0 Å². The molecule has 2 aliphatic rings. The third-order valence-electron chi connectivity index (χ3n) is 8.80. The maximum absolute atomic E-state index is 16.8. The molecule has 39 heavy (non-hydrogen) atoms. The van der Waals surface area contributed by atoms with Gasteiger partial charge in [-0.15, -0.1) is 0 Å². The van der Waals surface area contributed by atoms with Crippen molar-refractivity contribution in [3.05, 3.63) is 40.8 Å². The van der Waals surface area contributed by atoms with Crippen LogP contribution in [-0.4, -0.2) is 69.9 Å². The molecule has 2 fully saturated rings. The minimum atomic E-state index is -0.405. The second kappa shape index (κ2) is 10.2. The molecule has 0 unspecified atom stereocenters. The number of aryl methyl sites for hydroxylation is 1. The summed E-state index contributed by atoms with van der Waals surface area (Å²) in [5.41, 5.74) is 3.22. The maximum Gasteiger partial charge on any atom is 0.228 e. The fourth-order valence-corrected chi connectivity index (χ4v) is 6.68. The van der Waals surface area contributed by atoms with Gasteiger partial charge in [-0.05, 0) is 63.4 Å². The lowest BCUT2D eigenvalue weighted by atomic mass is 9.93. The molecule has 2 aromatic heterocycles. The van der Waals surface area contributed by atoms with Gasteiger partial charge in [-0.25, -0.2) is 9.37 Å². The highest BCUT2D eigenvalue weighted by atomic mass is 35.5. The number of benzene rings is 2. The van der Waals surface area contributed by atoms with Gasteiger partial charge in [0.1, 0.15) is 11.3 Å². The molecule has 9 heteroatoms. The number of rotatable bonds is 6. The average molecular weight is 550 g/mol. The van der Waals surface area contributed by atoms with E-state index in [1.807, 2.05) is 25.1 Å². The van der Waals surface area contributed by atoms with Crippen LogP contribution in [0.5, 0.6) is 0 Å². The van der Waals surface area contributed by atoms with Crippen molar-refractivity contribution in [2.24, 2.45) is 5.92 Å². The number of anilines is 2. The quantitative estimate of drug-likeness (QED) is 0.299. The van der Waals surface area contributed by atoms with E-state index < -0.39 is 5.82 Å². The van der Waals surface area contributed by atoms with E-state index in [2.05, 4.69) is 52.6 Å². The Morgan fingerprint density at radius 3 is 2.56 bits per heavy atom. The summed E-state index contributed by atoms with van der Waals surface area (Å²) >= 11 is 6.92. The second-order valence-corrected chi connectivity index (χ2v) is 11.8. The highest BCUT2D eigenvalue weighted by molar-refractivity contribution is 6.35. The molecule has 4 heterocycles. The van der Waals surface area contributed by atoms with Crippen LogP contribution in [0.3, 0.4) is 0 Å². The molecular formula is C30H37ClFN7. The molecule has 1 N–H and O–H groups in total. The first kappa shape index (κ1) is 26.3. The van der Waals surface area contributed by atoms with Gasteiger partial charge in [0, 0.05) is 53.6 Å². The number of nitrogens with one attached hydrogen (secondary N) is 1. The number of nitrogens with zero attached hydrogens (tertiary/aromatic N) is 6. The molecule has 2 saturated heterocycles. The summed E-state index contributed by atoms with van der Waals surface area (Å²) in [5, 5.41) is 9.07. The fourth-order valence-electron chi connectivity index (χ4n) is 6.39. The van der Waals surface area contributed by atoms with E-state index in [1.165, 1.54) is 6.42 Å². The largest absolute Gasteiger partial charge is 0.353 e. The van der Waals surface area contributed by atoms with Gasteiger partial charge in [-0.2, -0.15) is 10.1 Å². The standard InChI is InChI=1S/C30H37ClFN7/c1-6-37(7-2)20-15-38(16-20)30-34-28-21(29(35-30)39-14-17(3)8-10-19(39)5)12-23(31)26(27(28)32)25-18(4)9-11-24-22(25)13-33-36-24/h9,11-13,17,19-20H,6-8,10,14-16H2,1-5H3,(H,33,36)/t17-,19-/m0/s1. The Hall–Kier alpha value is -2.97. The third-order valence-corrected chi connectivity index (χ3v) is 9.10. The monoisotopic (exact) mass is 549 g/mol. The fraction of sp³-hybridized carbons (Fsp3) is 0.500. The summed E-state index contributed by atoms with van der Waals surface area (Å²) < 4.78 is 16.8. The Kier molecular flexibility index (Phi) is 6.88. The zero-order valence-corrected chi connectivity index (χ0v) is 24.2. The number of fused-ring (bicyclic) bond motifs is 2. The first-order valence-electron chi connectivity index (χ1n) is 14.2. The lowest BCUT2D eigenvalue weighted by molar-refractivity contribution is 0.182. The molecule has 206 valence electrons. The summed E-state index contributed by atoms with van der Waals surface area (Å²) in [6, 6.07) is 6.56. The molecule has 2 atom stereocenters. The van der Waals surface area contributed by atoms with Gasteiger partial charge in [0.2, 0.25) is 5.95 Å². The number of hydrogen-bond acceptors (Lipinski definition) is 6. The SMILES string of the molecule is CCN(CC)C1CN(c2nc(N3C[C@@H](C)CC[C@@H]3C)c3cc(Cl)c(-c4c(C)ccc5[nH]ncc45)c(F)c3n2)C1. The zero-order chi connectivity index (χ0) is 27.4. The van der Waals surface area contributed by atoms with E-state index in [1.54, 1.807) is 6.20 Å². The zero-order valence-electron chi connectivity index (χ0n) is 23.4. The predicted molar refractivity (Wildman–Crippen MR) is 158 cm³/mol. The van der Waals surface area contributed by atoms with Crippen LogP contribution in [-0.2, 0) is 0 Å². The van der Waals surface area contributed by atoms with Crippen molar-refractivity contribution < 1.29 is 4.39 Å². The van der Waals surface area contributed by atoms with Crippen molar-refractivity contribution in [1.29, 1.82) is 0 Å². The average Bonchev–Trinajstić information content (AvgIpc) is 3.37. The van der Waals surface area contributed by atoms with Gasteiger partial charge >= 0.3 is 0 Å². The minimum absolute atomic E-state index is 0.301. The second-order valence-electron chi connectivity index (χ2n) is 11.3. The number of aromatic amines is 1. The van der Waals surface area contributed by atoms with Crippen molar-refractivity contribution in [1.82, 2.24) is 25.1 Å². The van der Waals surface area contributed by atoms with Gasteiger partial charge in [0.15, 0.2) is 5.82 Å². The van der Waals surface area contributed by atoms with E-state index in [0.29, 0.717) is 45.4 Å². The molecule has 0 saturated carbocycles. The van der Waals surface area contributed by atoms with E-state index in [0.717, 1.165) is 67.0 Å². The van der Waals surface area contributed by atoms with Gasteiger partial charge < -0.3 is 9.80 Å². The Bertz CT molecular complexity index is 1530. The predicted octanol–water partition coefficient (Wildman–Crippen LogP) is 6.43. The van der Waals surface area contributed by atoms with Crippen molar-refractivity contribution in [2.75, 3.05) is 42.5 Å². The molecule has 0 spiro atoms. The Balaban J connectivity index is 1.54. The van der Waals surface area contributed by atoms with Crippen LogP contribution in [0.2, 0.25) is 5.02 Å². The molecule has 0 radical (unpaired) electrons.